The lowest BCUT2D eigenvalue weighted by molar-refractivity contribution is -0.128. The number of sulfonamides is 1. The Morgan fingerprint density at radius 3 is 2.32 bits per heavy atom. The monoisotopic (exact) mass is 332 g/mol. The summed E-state index contributed by atoms with van der Waals surface area (Å²) in [5.41, 5.74) is 0. The summed E-state index contributed by atoms with van der Waals surface area (Å²) >= 11 is 0. The van der Waals surface area contributed by atoms with Gasteiger partial charge in [-0.25, -0.2) is 8.42 Å². The van der Waals surface area contributed by atoms with Gasteiger partial charge in [-0.2, -0.15) is 4.31 Å². The normalized spacial score (nSPS) is 21.5. The molecule has 0 saturated carbocycles. The quantitative estimate of drug-likeness (QED) is 0.709. The van der Waals surface area contributed by atoms with Crippen LogP contribution in [0.1, 0.15) is 47.0 Å². The van der Waals surface area contributed by atoms with Crippen LogP contribution in [0.2, 0.25) is 0 Å². The SMILES string of the molecule is CC(C)CC(C=O)NC(=O)[C@@H](C(C)C)N1CCCCS1(=O)=O. The first kappa shape index (κ1) is 19.1. The first-order valence-electron chi connectivity index (χ1n) is 7.94. The fourth-order valence-electron chi connectivity index (χ4n) is 2.81. The van der Waals surface area contributed by atoms with Crippen molar-refractivity contribution in [1.29, 1.82) is 0 Å². The van der Waals surface area contributed by atoms with Crippen molar-refractivity contribution in [2.45, 2.75) is 59.0 Å². The van der Waals surface area contributed by atoms with Crippen LogP contribution in [0.25, 0.3) is 0 Å². The highest BCUT2D eigenvalue weighted by atomic mass is 32.2. The fourth-order valence-corrected chi connectivity index (χ4v) is 4.71. The predicted octanol–water partition coefficient (Wildman–Crippen LogP) is 1.17. The van der Waals surface area contributed by atoms with Gasteiger partial charge in [0.25, 0.3) is 0 Å². The number of rotatable bonds is 7. The van der Waals surface area contributed by atoms with E-state index in [-0.39, 0.29) is 23.5 Å². The molecule has 1 fully saturated rings. The third-order valence-electron chi connectivity index (χ3n) is 3.82. The van der Waals surface area contributed by atoms with Crippen molar-refractivity contribution in [2.75, 3.05) is 12.3 Å². The van der Waals surface area contributed by atoms with Gasteiger partial charge in [0, 0.05) is 6.54 Å². The van der Waals surface area contributed by atoms with Gasteiger partial charge in [0.2, 0.25) is 15.9 Å². The van der Waals surface area contributed by atoms with E-state index in [2.05, 4.69) is 5.32 Å². The summed E-state index contributed by atoms with van der Waals surface area (Å²) in [7, 11) is -3.39. The Morgan fingerprint density at radius 1 is 1.23 bits per heavy atom. The minimum atomic E-state index is -3.39. The second-order valence-corrected chi connectivity index (χ2v) is 8.74. The predicted molar refractivity (Wildman–Crippen MR) is 85.8 cm³/mol. The summed E-state index contributed by atoms with van der Waals surface area (Å²) in [5, 5.41) is 2.70. The molecule has 1 rings (SSSR count). The second-order valence-electron chi connectivity index (χ2n) is 6.70. The van der Waals surface area contributed by atoms with Crippen molar-refractivity contribution in [3.8, 4) is 0 Å². The molecule has 0 aromatic heterocycles. The van der Waals surface area contributed by atoms with Gasteiger partial charge in [-0.3, -0.25) is 4.79 Å². The largest absolute Gasteiger partial charge is 0.345 e. The van der Waals surface area contributed by atoms with E-state index in [0.29, 0.717) is 19.4 Å². The van der Waals surface area contributed by atoms with Crippen LogP contribution in [0, 0.1) is 11.8 Å². The van der Waals surface area contributed by atoms with Gasteiger partial charge >= 0.3 is 0 Å². The molecule has 1 saturated heterocycles. The van der Waals surface area contributed by atoms with Gasteiger partial charge in [-0.05, 0) is 31.1 Å². The van der Waals surface area contributed by atoms with Crippen LogP contribution in [0.4, 0.5) is 0 Å². The van der Waals surface area contributed by atoms with Crippen molar-refractivity contribution >= 4 is 22.2 Å². The van der Waals surface area contributed by atoms with E-state index in [1.54, 1.807) is 0 Å². The maximum absolute atomic E-state index is 12.5. The van der Waals surface area contributed by atoms with E-state index in [1.165, 1.54) is 4.31 Å². The van der Waals surface area contributed by atoms with Gasteiger partial charge < -0.3 is 10.1 Å². The third kappa shape index (κ3) is 5.05. The summed E-state index contributed by atoms with van der Waals surface area (Å²) in [6, 6.07) is -1.32. The topological polar surface area (TPSA) is 83.6 Å². The maximum Gasteiger partial charge on any atom is 0.239 e. The molecule has 0 aliphatic carbocycles. The fraction of sp³-hybridized carbons (Fsp3) is 0.867. The van der Waals surface area contributed by atoms with Crippen LogP contribution in [-0.4, -0.2) is 49.3 Å². The third-order valence-corrected chi connectivity index (χ3v) is 5.74. The highest BCUT2D eigenvalue weighted by Gasteiger charge is 2.38. The molecule has 0 bridgehead atoms. The molecule has 1 N–H and O–H groups in total. The molecule has 22 heavy (non-hydrogen) atoms. The molecule has 1 amide bonds. The average molecular weight is 332 g/mol. The number of carbonyl (C=O) groups is 2. The number of amides is 1. The molecule has 0 radical (unpaired) electrons. The molecule has 1 heterocycles. The molecule has 0 aromatic rings. The van der Waals surface area contributed by atoms with Gasteiger partial charge in [-0.1, -0.05) is 27.7 Å². The Kier molecular flexibility index (Phi) is 6.99. The van der Waals surface area contributed by atoms with Crippen molar-refractivity contribution in [3.63, 3.8) is 0 Å². The van der Waals surface area contributed by atoms with E-state index in [0.717, 1.165) is 12.7 Å². The summed E-state index contributed by atoms with van der Waals surface area (Å²) in [6.07, 6.45) is 2.67. The van der Waals surface area contributed by atoms with E-state index in [9.17, 15) is 18.0 Å². The van der Waals surface area contributed by atoms with Gasteiger partial charge in [0.05, 0.1) is 11.8 Å². The minimum Gasteiger partial charge on any atom is -0.345 e. The first-order chi connectivity index (χ1) is 10.2. The van der Waals surface area contributed by atoms with E-state index >= 15 is 0 Å². The lowest BCUT2D eigenvalue weighted by atomic mass is 10.0. The molecule has 1 aliphatic heterocycles. The van der Waals surface area contributed by atoms with Crippen molar-refractivity contribution in [2.24, 2.45) is 11.8 Å². The number of aldehydes is 1. The number of hydrogen-bond acceptors (Lipinski definition) is 4. The van der Waals surface area contributed by atoms with Crippen LogP contribution in [0.5, 0.6) is 0 Å². The van der Waals surface area contributed by atoms with Crippen LogP contribution in [-0.2, 0) is 19.6 Å². The van der Waals surface area contributed by atoms with E-state index in [4.69, 9.17) is 0 Å². The molecule has 7 heteroatoms. The lowest BCUT2D eigenvalue weighted by Gasteiger charge is -2.35. The van der Waals surface area contributed by atoms with E-state index < -0.39 is 22.1 Å². The molecular weight excluding hydrogens is 304 g/mol. The Hall–Kier alpha value is -0.950. The summed E-state index contributed by atoms with van der Waals surface area (Å²) in [5.74, 6) is -0.170. The van der Waals surface area contributed by atoms with Gasteiger partial charge in [0.1, 0.15) is 12.3 Å². The molecular formula is C15H28N2O4S. The molecule has 1 unspecified atom stereocenters. The first-order valence-corrected chi connectivity index (χ1v) is 9.55. The summed E-state index contributed by atoms with van der Waals surface area (Å²) in [6.45, 7) is 7.96. The van der Waals surface area contributed by atoms with E-state index in [1.807, 2.05) is 27.7 Å². The Morgan fingerprint density at radius 2 is 1.86 bits per heavy atom. The molecule has 1 aliphatic rings. The van der Waals surface area contributed by atoms with Crippen LogP contribution in [0.3, 0.4) is 0 Å². The second kappa shape index (κ2) is 8.06. The number of carbonyl (C=O) groups excluding carboxylic acids is 2. The number of nitrogens with zero attached hydrogens (tertiary/aromatic N) is 1. The van der Waals surface area contributed by atoms with Crippen molar-refractivity contribution in [3.05, 3.63) is 0 Å². The Bertz CT molecular complexity index is 488. The molecule has 2 atom stereocenters. The zero-order valence-corrected chi connectivity index (χ0v) is 14.7. The maximum atomic E-state index is 12.5. The molecule has 0 aromatic carbocycles. The Balaban J connectivity index is 2.90. The van der Waals surface area contributed by atoms with Crippen LogP contribution < -0.4 is 5.32 Å². The standard InChI is InChI=1S/C15H28N2O4S/c1-11(2)9-13(10-18)16-15(19)14(12(3)4)17-7-5-6-8-22(17,20)21/h10-14H,5-9H2,1-4H3,(H,16,19)/t13?,14-/m1/s1. The molecule has 0 spiro atoms. The van der Waals surface area contributed by atoms with Crippen molar-refractivity contribution in [1.82, 2.24) is 9.62 Å². The molecule has 6 nitrogen and oxygen atoms in total. The van der Waals surface area contributed by atoms with Gasteiger partial charge in [0.15, 0.2) is 0 Å². The van der Waals surface area contributed by atoms with Crippen LogP contribution >= 0.6 is 0 Å². The highest BCUT2D eigenvalue weighted by Crippen LogP contribution is 2.22. The zero-order valence-electron chi connectivity index (χ0n) is 13.9. The smallest absolute Gasteiger partial charge is 0.239 e. The number of hydrogen-bond donors (Lipinski definition) is 1. The minimum absolute atomic E-state index is 0.0899. The lowest BCUT2D eigenvalue weighted by Crippen LogP contribution is -2.56. The van der Waals surface area contributed by atoms with Crippen molar-refractivity contribution < 1.29 is 18.0 Å². The molecule has 128 valence electrons. The number of nitrogens with one attached hydrogen (secondary N) is 1. The summed E-state index contributed by atoms with van der Waals surface area (Å²) < 4.78 is 25.8. The Labute approximate surface area is 133 Å². The highest BCUT2D eigenvalue weighted by molar-refractivity contribution is 7.89. The van der Waals surface area contributed by atoms with Gasteiger partial charge in [-0.15, -0.1) is 0 Å². The summed E-state index contributed by atoms with van der Waals surface area (Å²) in [4.78, 5) is 23.7. The zero-order chi connectivity index (χ0) is 16.9. The average Bonchev–Trinajstić information content (AvgIpc) is 2.39. The van der Waals surface area contributed by atoms with Crippen LogP contribution in [0.15, 0.2) is 0 Å².